The van der Waals surface area contributed by atoms with Crippen LogP contribution in [0.5, 0.6) is 0 Å². The highest BCUT2D eigenvalue weighted by Crippen LogP contribution is 2.20. The molecule has 4 heteroatoms. The fourth-order valence-corrected chi connectivity index (χ4v) is 2.55. The summed E-state index contributed by atoms with van der Waals surface area (Å²) < 4.78 is 0.859. The molecule has 2 rings (SSSR count). The van der Waals surface area contributed by atoms with Crippen LogP contribution in [0.4, 0.5) is 5.69 Å². The van der Waals surface area contributed by atoms with Gasteiger partial charge in [-0.3, -0.25) is 4.79 Å². The van der Waals surface area contributed by atoms with Crippen molar-refractivity contribution < 1.29 is 4.79 Å². The van der Waals surface area contributed by atoms with Crippen LogP contribution >= 0.6 is 15.9 Å². The first-order chi connectivity index (χ1) is 10.1. The number of nitrogen functional groups attached to an aromatic ring is 1. The fraction of sp³-hybridized carbons (Fsp3) is 0.235. The molecule has 0 saturated heterocycles. The normalized spacial score (nSPS) is 10.4. The summed E-state index contributed by atoms with van der Waals surface area (Å²) >= 11 is 3.37. The van der Waals surface area contributed by atoms with Gasteiger partial charge in [-0.1, -0.05) is 46.3 Å². The van der Waals surface area contributed by atoms with Crippen molar-refractivity contribution in [3.8, 4) is 0 Å². The molecule has 1 amide bonds. The van der Waals surface area contributed by atoms with Crippen LogP contribution in [0.15, 0.2) is 53.0 Å². The number of amides is 1. The predicted molar refractivity (Wildman–Crippen MR) is 90.3 cm³/mol. The first kappa shape index (κ1) is 15.6. The smallest absolute Gasteiger partial charge is 0.255 e. The number of nitrogens with two attached hydrogens (primary N) is 1. The van der Waals surface area contributed by atoms with E-state index >= 15 is 0 Å². The van der Waals surface area contributed by atoms with Crippen LogP contribution in [0.25, 0.3) is 0 Å². The number of anilines is 1. The molecular formula is C17H19BrN2O. The van der Waals surface area contributed by atoms with Gasteiger partial charge in [0.05, 0.1) is 5.56 Å². The Morgan fingerprint density at radius 1 is 1.19 bits per heavy atom. The van der Waals surface area contributed by atoms with E-state index in [0.717, 1.165) is 17.3 Å². The highest BCUT2D eigenvalue weighted by Gasteiger charge is 2.14. The Kier molecular flexibility index (Phi) is 5.39. The van der Waals surface area contributed by atoms with E-state index < -0.39 is 0 Å². The third-order valence-corrected chi connectivity index (χ3v) is 3.89. The minimum atomic E-state index is -0.0399. The van der Waals surface area contributed by atoms with Crippen molar-refractivity contribution in [2.75, 3.05) is 19.3 Å². The van der Waals surface area contributed by atoms with Crippen LogP contribution in [0.2, 0.25) is 0 Å². The van der Waals surface area contributed by atoms with Crippen LogP contribution in [-0.2, 0) is 6.42 Å². The summed E-state index contributed by atoms with van der Waals surface area (Å²) in [5, 5.41) is 0. The Labute approximate surface area is 133 Å². The monoisotopic (exact) mass is 346 g/mol. The number of hydrogen-bond acceptors (Lipinski definition) is 2. The van der Waals surface area contributed by atoms with E-state index in [0.29, 0.717) is 17.8 Å². The van der Waals surface area contributed by atoms with Gasteiger partial charge in [-0.05, 0) is 36.6 Å². The van der Waals surface area contributed by atoms with Gasteiger partial charge in [-0.15, -0.1) is 0 Å². The third kappa shape index (κ3) is 4.33. The van der Waals surface area contributed by atoms with Gasteiger partial charge < -0.3 is 10.6 Å². The van der Waals surface area contributed by atoms with Gasteiger partial charge in [0.1, 0.15) is 0 Å². The molecule has 0 aliphatic heterocycles. The van der Waals surface area contributed by atoms with Gasteiger partial charge in [0.2, 0.25) is 0 Å². The Bertz CT molecular complexity index is 613. The van der Waals surface area contributed by atoms with Gasteiger partial charge in [0.15, 0.2) is 0 Å². The maximum Gasteiger partial charge on any atom is 0.255 e. The number of nitrogens with zero attached hydrogens (tertiary/aromatic N) is 1. The molecular weight excluding hydrogens is 328 g/mol. The standard InChI is InChI=1S/C17H19BrN2O/c1-20(11-5-8-13-6-3-2-4-7-13)17(21)15-12-14(18)9-10-16(15)19/h2-4,6-7,9-10,12H,5,8,11,19H2,1H3. The molecule has 0 fully saturated rings. The zero-order valence-electron chi connectivity index (χ0n) is 12.1. The Hall–Kier alpha value is -1.81. The maximum absolute atomic E-state index is 12.4. The molecule has 0 aliphatic carbocycles. The van der Waals surface area contributed by atoms with Crippen LogP contribution in [0.3, 0.4) is 0 Å². The molecule has 0 saturated carbocycles. The number of carbonyl (C=O) groups is 1. The summed E-state index contributed by atoms with van der Waals surface area (Å²) in [4.78, 5) is 14.1. The lowest BCUT2D eigenvalue weighted by atomic mass is 10.1. The first-order valence-corrected chi connectivity index (χ1v) is 7.71. The van der Waals surface area contributed by atoms with Gasteiger partial charge >= 0.3 is 0 Å². The van der Waals surface area contributed by atoms with Crippen molar-refractivity contribution in [2.24, 2.45) is 0 Å². The minimum absolute atomic E-state index is 0.0399. The molecule has 0 aliphatic rings. The summed E-state index contributed by atoms with van der Waals surface area (Å²) in [5.74, 6) is -0.0399. The average molecular weight is 347 g/mol. The minimum Gasteiger partial charge on any atom is -0.398 e. The molecule has 2 N–H and O–H groups in total. The van der Waals surface area contributed by atoms with Crippen molar-refractivity contribution in [1.82, 2.24) is 4.90 Å². The van der Waals surface area contributed by atoms with Gasteiger partial charge in [-0.2, -0.15) is 0 Å². The van der Waals surface area contributed by atoms with Gasteiger partial charge in [-0.25, -0.2) is 0 Å². The topological polar surface area (TPSA) is 46.3 Å². The number of benzene rings is 2. The van der Waals surface area contributed by atoms with E-state index in [1.165, 1.54) is 5.56 Å². The molecule has 21 heavy (non-hydrogen) atoms. The Morgan fingerprint density at radius 3 is 2.62 bits per heavy atom. The second-order valence-corrected chi connectivity index (χ2v) is 5.96. The lowest BCUT2D eigenvalue weighted by Gasteiger charge is -2.18. The van der Waals surface area contributed by atoms with E-state index in [4.69, 9.17) is 5.73 Å². The largest absolute Gasteiger partial charge is 0.398 e. The van der Waals surface area contributed by atoms with Crippen molar-refractivity contribution in [1.29, 1.82) is 0 Å². The number of rotatable bonds is 5. The van der Waals surface area contributed by atoms with E-state index in [1.807, 2.05) is 31.3 Å². The van der Waals surface area contributed by atoms with E-state index in [2.05, 4.69) is 28.1 Å². The molecule has 2 aromatic rings. The fourth-order valence-electron chi connectivity index (χ4n) is 2.19. The third-order valence-electron chi connectivity index (χ3n) is 3.39. The van der Waals surface area contributed by atoms with Crippen molar-refractivity contribution >= 4 is 27.5 Å². The van der Waals surface area contributed by atoms with E-state index in [1.54, 1.807) is 17.0 Å². The van der Waals surface area contributed by atoms with E-state index in [-0.39, 0.29) is 5.91 Å². The molecule has 0 bridgehead atoms. The lowest BCUT2D eigenvalue weighted by molar-refractivity contribution is 0.0794. The van der Waals surface area contributed by atoms with Gasteiger partial charge in [0.25, 0.3) is 5.91 Å². The second kappa shape index (κ2) is 7.27. The van der Waals surface area contributed by atoms with Crippen LogP contribution < -0.4 is 5.73 Å². The Morgan fingerprint density at radius 2 is 1.90 bits per heavy atom. The second-order valence-electron chi connectivity index (χ2n) is 5.05. The van der Waals surface area contributed by atoms with E-state index in [9.17, 15) is 4.79 Å². The zero-order chi connectivity index (χ0) is 15.2. The van der Waals surface area contributed by atoms with Crippen molar-refractivity contribution in [3.05, 3.63) is 64.1 Å². The summed E-state index contributed by atoms with van der Waals surface area (Å²) in [7, 11) is 1.81. The lowest BCUT2D eigenvalue weighted by Crippen LogP contribution is -2.28. The van der Waals surface area contributed by atoms with Crippen LogP contribution in [0.1, 0.15) is 22.3 Å². The Balaban J connectivity index is 1.92. The molecule has 110 valence electrons. The number of carbonyl (C=O) groups excluding carboxylic acids is 1. The highest BCUT2D eigenvalue weighted by molar-refractivity contribution is 9.10. The summed E-state index contributed by atoms with van der Waals surface area (Å²) in [6.07, 6.45) is 1.90. The molecule has 2 aromatic carbocycles. The molecule has 3 nitrogen and oxygen atoms in total. The average Bonchev–Trinajstić information content (AvgIpc) is 2.50. The summed E-state index contributed by atoms with van der Waals surface area (Å²) in [5.41, 5.74) is 8.23. The summed E-state index contributed by atoms with van der Waals surface area (Å²) in [6.45, 7) is 0.708. The molecule has 0 spiro atoms. The zero-order valence-corrected chi connectivity index (χ0v) is 13.6. The molecule has 0 unspecified atom stereocenters. The van der Waals surface area contributed by atoms with Gasteiger partial charge in [0, 0.05) is 23.8 Å². The molecule has 0 aromatic heterocycles. The number of hydrogen-bond donors (Lipinski definition) is 1. The maximum atomic E-state index is 12.4. The van der Waals surface area contributed by atoms with Crippen molar-refractivity contribution in [3.63, 3.8) is 0 Å². The SMILES string of the molecule is CN(CCCc1ccccc1)C(=O)c1cc(Br)ccc1N. The highest BCUT2D eigenvalue weighted by atomic mass is 79.9. The van der Waals surface area contributed by atoms with Crippen molar-refractivity contribution in [2.45, 2.75) is 12.8 Å². The predicted octanol–water partition coefficient (Wildman–Crippen LogP) is 3.74. The molecule has 0 atom stereocenters. The number of aryl methyl sites for hydroxylation is 1. The first-order valence-electron chi connectivity index (χ1n) is 6.92. The van der Waals surface area contributed by atoms with Crippen LogP contribution in [-0.4, -0.2) is 24.4 Å². The quantitative estimate of drug-likeness (QED) is 0.838. The molecule has 0 radical (unpaired) electrons. The number of halogens is 1. The summed E-state index contributed by atoms with van der Waals surface area (Å²) in [6, 6.07) is 15.6. The van der Waals surface area contributed by atoms with Crippen LogP contribution in [0, 0.1) is 0 Å². The molecule has 0 heterocycles.